The molecule has 1 aliphatic heterocycles. The summed E-state index contributed by atoms with van der Waals surface area (Å²) in [6, 6.07) is 8.07. The number of methoxy groups -OCH3 is 1. The maximum Gasteiger partial charge on any atom is 0.234 e. The Balaban J connectivity index is 0.00000264. The number of ether oxygens (including phenoxy) is 1. The number of thioether (sulfide) groups is 1. The third-order valence-electron chi connectivity index (χ3n) is 4.78. The van der Waals surface area contributed by atoms with Gasteiger partial charge in [-0.2, -0.15) is 0 Å². The molecule has 6 heteroatoms. The molecule has 1 aromatic rings. The molecule has 1 atom stereocenters. The zero-order valence-electron chi connectivity index (χ0n) is 14.4. The number of nitrogens with zero attached hydrogens (tertiary/aromatic N) is 2. The van der Waals surface area contributed by atoms with Gasteiger partial charge in [-0.3, -0.25) is 4.79 Å². The summed E-state index contributed by atoms with van der Waals surface area (Å²) >= 11 is 1.72. The molecule has 1 aliphatic rings. The molecule has 1 heterocycles. The van der Waals surface area contributed by atoms with Crippen molar-refractivity contribution in [2.24, 2.45) is 0 Å². The van der Waals surface area contributed by atoms with Crippen molar-refractivity contribution in [3.05, 3.63) is 29.8 Å². The Labute approximate surface area is 161 Å². The third kappa shape index (κ3) is 5.00. The Morgan fingerprint density at radius 3 is 2.39 bits per heavy atom. The van der Waals surface area contributed by atoms with Crippen LogP contribution in [-0.2, 0) is 4.79 Å². The van der Waals surface area contributed by atoms with Crippen LogP contribution in [0.4, 0.5) is 0 Å². The van der Waals surface area contributed by atoms with E-state index < -0.39 is 0 Å². The van der Waals surface area contributed by atoms with Crippen LogP contribution >= 0.6 is 11.8 Å². The van der Waals surface area contributed by atoms with Gasteiger partial charge in [0.25, 0.3) is 0 Å². The molecule has 1 amide bonds. The Kier molecular flexibility index (Phi) is 8.17. The molecule has 4 nitrogen and oxygen atoms in total. The van der Waals surface area contributed by atoms with Crippen LogP contribution in [0.25, 0.3) is 0 Å². The van der Waals surface area contributed by atoms with Gasteiger partial charge in [0, 0.05) is 0 Å². The number of halogens is 1. The quantitative estimate of drug-likeness (QED) is 0.425. The van der Waals surface area contributed by atoms with Crippen LogP contribution in [0, 0.1) is 0 Å². The SMILES string of the molecule is CC[N+](C)(CC)CCN1C(=O)CSC1c1ccc(OC)cc1.[I-]. The van der Waals surface area contributed by atoms with Crippen LogP contribution < -0.4 is 28.7 Å². The summed E-state index contributed by atoms with van der Waals surface area (Å²) in [6.45, 7) is 8.44. The van der Waals surface area contributed by atoms with Crippen molar-refractivity contribution in [1.82, 2.24) is 4.90 Å². The second-order valence-electron chi connectivity index (χ2n) is 6.00. The van der Waals surface area contributed by atoms with Crippen molar-refractivity contribution in [1.29, 1.82) is 0 Å². The van der Waals surface area contributed by atoms with E-state index in [0.717, 1.165) is 36.4 Å². The van der Waals surface area contributed by atoms with Gasteiger partial charge in [0.15, 0.2) is 0 Å². The number of likely N-dealkylation sites (N-methyl/N-ethyl adjacent to an activating group) is 1. The van der Waals surface area contributed by atoms with Crippen LogP contribution in [0.2, 0.25) is 0 Å². The smallest absolute Gasteiger partial charge is 0.234 e. The van der Waals surface area contributed by atoms with Gasteiger partial charge in [-0.1, -0.05) is 12.1 Å². The summed E-state index contributed by atoms with van der Waals surface area (Å²) in [7, 11) is 3.93. The van der Waals surface area contributed by atoms with Gasteiger partial charge in [-0.15, -0.1) is 11.8 Å². The maximum atomic E-state index is 12.2. The topological polar surface area (TPSA) is 29.5 Å². The minimum atomic E-state index is 0. The molecule has 0 spiro atoms. The highest BCUT2D eigenvalue weighted by Crippen LogP contribution is 2.38. The summed E-state index contributed by atoms with van der Waals surface area (Å²) in [5.74, 6) is 1.69. The number of amides is 1. The molecular formula is C17H27IN2O2S. The van der Waals surface area contributed by atoms with E-state index in [9.17, 15) is 4.79 Å². The first kappa shape index (κ1) is 20.6. The number of rotatable bonds is 7. The van der Waals surface area contributed by atoms with Crippen molar-refractivity contribution in [3.63, 3.8) is 0 Å². The molecule has 0 radical (unpaired) electrons. The Hall–Kier alpha value is -0.470. The summed E-state index contributed by atoms with van der Waals surface area (Å²) in [6.07, 6.45) is 0. The summed E-state index contributed by atoms with van der Waals surface area (Å²) in [5.41, 5.74) is 1.18. The van der Waals surface area contributed by atoms with Gasteiger partial charge < -0.3 is 38.1 Å². The normalized spacial score (nSPS) is 18.0. The Bertz CT molecular complexity index is 506. The van der Waals surface area contributed by atoms with Crippen molar-refractivity contribution in [2.75, 3.05) is 46.1 Å². The second kappa shape index (κ2) is 9.13. The highest BCUT2D eigenvalue weighted by atomic mass is 127. The molecule has 1 fully saturated rings. The van der Waals surface area contributed by atoms with Crippen molar-refractivity contribution in [3.8, 4) is 5.75 Å². The van der Waals surface area contributed by atoms with E-state index in [1.165, 1.54) is 5.56 Å². The lowest BCUT2D eigenvalue weighted by molar-refractivity contribution is -0.905. The molecule has 23 heavy (non-hydrogen) atoms. The molecular weight excluding hydrogens is 423 g/mol. The lowest BCUT2D eigenvalue weighted by Crippen LogP contribution is -3.00. The van der Waals surface area contributed by atoms with E-state index in [4.69, 9.17) is 4.74 Å². The van der Waals surface area contributed by atoms with E-state index in [1.807, 2.05) is 17.0 Å². The lowest BCUT2D eigenvalue weighted by atomic mass is 10.2. The van der Waals surface area contributed by atoms with Crippen molar-refractivity contribution < 1.29 is 38.0 Å². The molecule has 0 N–H and O–H groups in total. The molecule has 0 aromatic heterocycles. The molecule has 1 aromatic carbocycles. The average molecular weight is 450 g/mol. The highest BCUT2D eigenvalue weighted by Gasteiger charge is 2.34. The summed E-state index contributed by atoms with van der Waals surface area (Å²) in [4.78, 5) is 14.3. The van der Waals surface area contributed by atoms with Crippen molar-refractivity contribution in [2.45, 2.75) is 19.2 Å². The fraction of sp³-hybridized carbons (Fsp3) is 0.588. The molecule has 0 aliphatic carbocycles. The minimum absolute atomic E-state index is 0. The first-order valence-electron chi connectivity index (χ1n) is 7.91. The third-order valence-corrected chi connectivity index (χ3v) is 6.03. The van der Waals surface area contributed by atoms with Crippen molar-refractivity contribution >= 4 is 17.7 Å². The largest absolute Gasteiger partial charge is 1.00 e. The summed E-state index contributed by atoms with van der Waals surface area (Å²) < 4.78 is 6.21. The van der Waals surface area contributed by atoms with Crippen LogP contribution in [0.3, 0.4) is 0 Å². The van der Waals surface area contributed by atoms with E-state index in [0.29, 0.717) is 5.75 Å². The number of benzene rings is 1. The van der Waals surface area contributed by atoms with Gasteiger partial charge in [0.2, 0.25) is 5.91 Å². The Morgan fingerprint density at radius 1 is 1.26 bits per heavy atom. The number of carbonyl (C=O) groups is 1. The zero-order chi connectivity index (χ0) is 16.2. The van der Waals surface area contributed by atoms with E-state index in [-0.39, 0.29) is 35.3 Å². The molecule has 130 valence electrons. The lowest BCUT2D eigenvalue weighted by Gasteiger charge is -2.35. The van der Waals surface area contributed by atoms with Crippen LogP contribution in [0.1, 0.15) is 24.8 Å². The minimum Gasteiger partial charge on any atom is -1.00 e. The van der Waals surface area contributed by atoms with Crippen LogP contribution in [0.5, 0.6) is 5.75 Å². The van der Waals surface area contributed by atoms with Gasteiger partial charge in [0.1, 0.15) is 11.1 Å². The standard InChI is InChI=1S/C17H27N2O2S.HI/c1-5-19(3,6-2)12-11-18-16(20)13-22-17(18)14-7-9-15(21-4)10-8-14;/h7-10,17H,5-6,11-13H2,1-4H3;1H/q+1;/p-1. The maximum absolute atomic E-state index is 12.2. The highest BCUT2D eigenvalue weighted by molar-refractivity contribution is 8.00. The summed E-state index contributed by atoms with van der Waals surface area (Å²) in [5, 5.41) is 0.139. The second-order valence-corrected chi connectivity index (χ2v) is 7.07. The monoisotopic (exact) mass is 450 g/mol. The molecule has 1 saturated heterocycles. The van der Waals surface area contributed by atoms with Crippen LogP contribution in [0.15, 0.2) is 24.3 Å². The average Bonchev–Trinajstić information content (AvgIpc) is 2.93. The molecule has 2 rings (SSSR count). The molecule has 1 unspecified atom stereocenters. The van der Waals surface area contributed by atoms with E-state index >= 15 is 0 Å². The predicted octanol–water partition coefficient (Wildman–Crippen LogP) is -0.240. The fourth-order valence-corrected chi connectivity index (χ4v) is 3.85. The number of hydrogen-bond acceptors (Lipinski definition) is 3. The number of quaternary nitrogens is 1. The van der Waals surface area contributed by atoms with Gasteiger partial charge >= 0.3 is 0 Å². The fourth-order valence-electron chi connectivity index (χ4n) is 2.63. The number of carbonyl (C=O) groups excluding carboxylic acids is 1. The first-order chi connectivity index (χ1) is 10.5. The predicted molar refractivity (Wildman–Crippen MR) is 92.0 cm³/mol. The van der Waals surface area contributed by atoms with E-state index in [1.54, 1.807) is 18.9 Å². The van der Waals surface area contributed by atoms with Gasteiger partial charge in [-0.05, 0) is 31.5 Å². The first-order valence-corrected chi connectivity index (χ1v) is 8.96. The van der Waals surface area contributed by atoms with E-state index in [2.05, 4.69) is 33.0 Å². The molecule has 0 saturated carbocycles. The Morgan fingerprint density at radius 2 is 1.87 bits per heavy atom. The van der Waals surface area contributed by atoms with Crippen LogP contribution in [-0.4, -0.2) is 61.4 Å². The number of hydrogen-bond donors (Lipinski definition) is 0. The zero-order valence-corrected chi connectivity index (χ0v) is 17.4. The van der Waals surface area contributed by atoms with Gasteiger partial charge in [0.05, 0.1) is 46.1 Å². The molecule has 0 bridgehead atoms. The van der Waals surface area contributed by atoms with Gasteiger partial charge in [-0.25, -0.2) is 0 Å².